The molecule has 8 nitrogen and oxygen atoms in total. The van der Waals surface area contributed by atoms with Crippen LogP contribution < -0.4 is 20.0 Å². The van der Waals surface area contributed by atoms with Crippen molar-refractivity contribution in [2.75, 3.05) is 37.0 Å². The number of hydrogen-bond donors (Lipinski definition) is 4. The highest BCUT2D eigenvalue weighted by Crippen LogP contribution is 2.57. The highest BCUT2D eigenvalue weighted by atomic mass is 16.3. The van der Waals surface area contributed by atoms with Crippen molar-refractivity contribution in [2.24, 2.45) is 0 Å². The van der Waals surface area contributed by atoms with E-state index in [0.717, 1.165) is 11.4 Å². The van der Waals surface area contributed by atoms with Gasteiger partial charge in [0.25, 0.3) is 0 Å². The molecule has 0 aromatic heterocycles. The zero-order valence-electron chi connectivity index (χ0n) is 26.2. The highest BCUT2D eigenvalue weighted by molar-refractivity contribution is 6.19. The average molecular weight is 617 g/mol. The summed E-state index contributed by atoms with van der Waals surface area (Å²) < 4.78 is 0. The van der Waals surface area contributed by atoms with Gasteiger partial charge in [-0.25, -0.2) is 0 Å². The fourth-order valence-electron chi connectivity index (χ4n) is 7.98. The summed E-state index contributed by atoms with van der Waals surface area (Å²) in [5.74, 6) is -2.57. The Balaban J connectivity index is 1.54. The molecule has 0 bridgehead atoms. The van der Waals surface area contributed by atoms with E-state index in [4.69, 9.17) is 0 Å². The maximum Gasteiger partial charge on any atom is 0.123 e. The number of anilines is 2. The molecule has 6 aromatic carbocycles. The second-order valence-corrected chi connectivity index (χ2v) is 12.4. The SMILES string of the molecule is CCN(CC)c1c2cccc(O)c2c(C2C([O-])C(c3c4c(O)cccc4c(N(C)C)c4cccc(O)c34)C2[O-])c2c(O)cccc12. The summed E-state index contributed by atoms with van der Waals surface area (Å²) in [4.78, 5) is 4.03. The lowest BCUT2D eigenvalue weighted by molar-refractivity contribution is -0.535. The quantitative estimate of drug-likeness (QED) is 0.184. The van der Waals surface area contributed by atoms with Crippen LogP contribution in [0.25, 0.3) is 43.1 Å². The predicted molar refractivity (Wildman–Crippen MR) is 181 cm³/mol. The Morgan fingerprint density at radius 2 is 0.826 bits per heavy atom. The molecule has 0 aliphatic heterocycles. The maximum atomic E-state index is 14.7. The Morgan fingerprint density at radius 3 is 1.11 bits per heavy atom. The number of benzene rings is 6. The summed E-state index contributed by atoms with van der Waals surface area (Å²) in [6, 6.07) is 20.5. The second kappa shape index (κ2) is 10.9. The van der Waals surface area contributed by atoms with Crippen LogP contribution in [-0.4, -0.2) is 59.8 Å². The molecule has 1 aliphatic carbocycles. The number of hydrogen-bond acceptors (Lipinski definition) is 8. The number of phenols is 4. The minimum Gasteiger partial charge on any atom is -0.851 e. The first-order valence-corrected chi connectivity index (χ1v) is 15.6. The molecule has 0 heterocycles. The molecule has 1 saturated carbocycles. The van der Waals surface area contributed by atoms with Crippen LogP contribution in [0.5, 0.6) is 23.0 Å². The summed E-state index contributed by atoms with van der Waals surface area (Å²) in [5, 5.41) is 78.7. The summed E-state index contributed by atoms with van der Waals surface area (Å²) in [7, 11) is 3.73. The number of aromatic hydroxyl groups is 4. The van der Waals surface area contributed by atoms with Gasteiger partial charge in [-0.05, 0) is 61.1 Å². The zero-order valence-corrected chi connectivity index (χ0v) is 26.2. The minimum atomic E-state index is -1.51. The summed E-state index contributed by atoms with van der Waals surface area (Å²) >= 11 is 0. The Hall–Kier alpha value is -4.92. The van der Waals surface area contributed by atoms with Crippen molar-refractivity contribution >= 4 is 54.5 Å². The van der Waals surface area contributed by atoms with Crippen molar-refractivity contribution in [1.29, 1.82) is 0 Å². The van der Waals surface area contributed by atoms with Gasteiger partial charge in [0.2, 0.25) is 0 Å². The Labute approximate surface area is 266 Å². The van der Waals surface area contributed by atoms with Gasteiger partial charge < -0.3 is 40.4 Å². The van der Waals surface area contributed by atoms with E-state index in [2.05, 4.69) is 4.90 Å². The van der Waals surface area contributed by atoms with E-state index in [-0.39, 0.29) is 23.0 Å². The van der Waals surface area contributed by atoms with Crippen molar-refractivity contribution in [1.82, 2.24) is 0 Å². The summed E-state index contributed by atoms with van der Waals surface area (Å²) in [6.45, 7) is 5.39. The molecule has 1 fully saturated rings. The normalized spacial score (nSPS) is 19.6. The lowest BCUT2D eigenvalue weighted by atomic mass is 9.60. The standard InChI is InChI=1S/C38H36N2O6/c1-5-40(6-2)36-21-13-9-17-25(43)29(21)32(30-22(36)14-10-18-26(30)44)34-37(45)33(38(34)46)31-27-19(11-7-15-23(27)41)35(39(3)4)20-12-8-16-24(42)28(20)31/h7-18,33-34,37-38,41-44H,5-6H2,1-4H3/q-2. The molecule has 0 radical (unpaired) electrons. The molecular formula is C38H36N2O6-2. The van der Waals surface area contributed by atoms with Crippen molar-refractivity contribution in [2.45, 2.75) is 37.9 Å². The van der Waals surface area contributed by atoms with Crippen molar-refractivity contribution in [3.8, 4) is 23.0 Å². The van der Waals surface area contributed by atoms with Gasteiger partial charge in [-0.2, -0.15) is 0 Å². The van der Waals surface area contributed by atoms with E-state index in [0.29, 0.717) is 67.3 Å². The molecule has 4 N–H and O–H groups in total. The summed E-state index contributed by atoms with van der Waals surface area (Å²) in [6.07, 6.45) is -3.02. The van der Waals surface area contributed by atoms with Gasteiger partial charge in [0.1, 0.15) is 23.0 Å². The fraction of sp³-hybridized carbons (Fsp3) is 0.263. The third-order valence-corrected chi connectivity index (χ3v) is 9.88. The van der Waals surface area contributed by atoms with Crippen LogP contribution in [0.4, 0.5) is 11.4 Å². The van der Waals surface area contributed by atoms with Crippen LogP contribution in [0.3, 0.4) is 0 Å². The Morgan fingerprint density at radius 1 is 0.522 bits per heavy atom. The molecule has 0 saturated heterocycles. The smallest absolute Gasteiger partial charge is 0.123 e. The zero-order chi connectivity index (χ0) is 32.6. The first kappa shape index (κ1) is 29.8. The largest absolute Gasteiger partial charge is 0.851 e. The lowest BCUT2D eigenvalue weighted by Gasteiger charge is -2.62. The number of fused-ring (bicyclic) bond motifs is 4. The van der Waals surface area contributed by atoms with Crippen LogP contribution in [0.15, 0.2) is 72.8 Å². The maximum absolute atomic E-state index is 14.7. The molecule has 2 unspecified atom stereocenters. The van der Waals surface area contributed by atoms with Gasteiger partial charge in [-0.15, -0.1) is 12.2 Å². The molecule has 0 amide bonds. The van der Waals surface area contributed by atoms with Gasteiger partial charge in [-0.3, -0.25) is 0 Å². The van der Waals surface area contributed by atoms with Gasteiger partial charge in [0.05, 0.1) is 11.4 Å². The molecule has 6 aromatic rings. The highest BCUT2D eigenvalue weighted by Gasteiger charge is 2.43. The predicted octanol–water partition coefficient (Wildman–Crippen LogP) is 5.37. The monoisotopic (exact) mass is 616 g/mol. The third-order valence-electron chi connectivity index (χ3n) is 9.88. The molecule has 2 atom stereocenters. The third kappa shape index (κ3) is 4.00. The Bertz CT molecular complexity index is 2040. The van der Waals surface area contributed by atoms with Crippen molar-refractivity contribution < 1.29 is 30.6 Å². The molecular weight excluding hydrogens is 580 g/mol. The van der Waals surface area contributed by atoms with E-state index in [1.807, 2.05) is 57.1 Å². The minimum absolute atomic E-state index is 0.0737. The van der Waals surface area contributed by atoms with E-state index < -0.39 is 24.0 Å². The van der Waals surface area contributed by atoms with Gasteiger partial charge in [-0.1, -0.05) is 48.5 Å². The van der Waals surface area contributed by atoms with Gasteiger partial charge in [0, 0.05) is 70.3 Å². The van der Waals surface area contributed by atoms with Crippen molar-refractivity contribution in [3.05, 3.63) is 83.9 Å². The van der Waals surface area contributed by atoms with Crippen molar-refractivity contribution in [3.63, 3.8) is 0 Å². The molecule has 236 valence electrons. The van der Waals surface area contributed by atoms with Crippen LogP contribution in [0, 0.1) is 0 Å². The van der Waals surface area contributed by atoms with E-state index in [1.54, 1.807) is 24.3 Å². The fourth-order valence-corrected chi connectivity index (χ4v) is 7.98. The number of rotatable bonds is 6. The lowest BCUT2D eigenvalue weighted by Crippen LogP contribution is -2.63. The molecule has 0 spiro atoms. The topological polar surface area (TPSA) is 134 Å². The number of phenolic OH excluding ortho intramolecular Hbond substituents is 4. The Kier molecular flexibility index (Phi) is 7.03. The van der Waals surface area contributed by atoms with E-state index >= 15 is 0 Å². The van der Waals surface area contributed by atoms with Gasteiger partial charge >= 0.3 is 0 Å². The van der Waals surface area contributed by atoms with Crippen LogP contribution in [0.1, 0.15) is 36.8 Å². The van der Waals surface area contributed by atoms with E-state index in [9.17, 15) is 30.6 Å². The van der Waals surface area contributed by atoms with Crippen LogP contribution >= 0.6 is 0 Å². The first-order valence-electron chi connectivity index (χ1n) is 15.6. The van der Waals surface area contributed by atoms with Gasteiger partial charge in [0.15, 0.2) is 0 Å². The summed E-state index contributed by atoms with van der Waals surface area (Å²) in [5.41, 5.74) is 2.22. The number of nitrogens with zero attached hydrogens (tertiary/aromatic N) is 2. The average Bonchev–Trinajstić information content (AvgIpc) is 3.02. The van der Waals surface area contributed by atoms with Crippen LogP contribution in [0.2, 0.25) is 0 Å². The van der Waals surface area contributed by atoms with E-state index in [1.165, 1.54) is 24.3 Å². The van der Waals surface area contributed by atoms with Crippen LogP contribution in [-0.2, 0) is 0 Å². The molecule has 7 rings (SSSR count). The first-order chi connectivity index (χ1) is 22.1. The molecule has 8 heteroatoms. The second-order valence-electron chi connectivity index (χ2n) is 12.4. The molecule has 46 heavy (non-hydrogen) atoms. The molecule has 1 aliphatic rings.